The molecule has 0 saturated carbocycles. The van der Waals surface area contributed by atoms with Gasteiger partial charge in [-0.2, -0.15) is 0 Å². The first kappa shape index (κ1) is 18.1. The van der Waals surface area contributed by atoms with Gasteiger partial charge in [0.25, 0.3) is 5.91 Å². The number of nitrogens with one attached hydrogen (secondary N) is 1. The molecule has 0 fully saturated rings. The Labute approximate surface area is 156 Å². The first-order chi connectivity index (χ1) is 12.5. The second-order valence-corrected chi connectivity index (χ2v) is 6.19. The standard InChI is InChI=1S/C19H18ClNO5/c1-12(13-6-2-3-7-14(13)20)21-18(22)11-25-19(23)17-10-24-15-8-4-5-9-16(15)26-17/h2-9,12,17H,10-11H2,1H3,(H,21,22)/t12-,17+/m0/s1. The third-order valence-corrected chi connectivity index (χ3v) is 4.21. The molecule has 1 aliphatic rings. The van der Waals surface area contributed by atoms with E-state index < -0.39 is 24.6 Å². The van der Waals surface area contributed by atoms with Crippen molar-refractivity contribution in [3.05, 3.63) is 59.1 Å². The highest BCUT2D eigenvalue weighted by atomic mass is 35.5. The van der Waals surface area contributed by atoms with Crippen molar-refractivity contribution in [3.8, 4) is 11.5 Å². The number of para-hydroxylation sites is 2. The zero-order valence-electron chi connectivity index (χ0n) is 14.1. The fraction of sp³-hybridized carbons (Fsp3) is 0.263. The molecule has 0 aliphatic carbocycles. The highest BCUT2D eigenvalue weighted by Crippen LogP contribution is 2.31. The van der Waals surface area contributed by atoms with Crippen LogP contribution in [0.3, 0.4) is 0 Å². The lowest BCUT2D eigenvalue weighted by Gasteiger charge is -2.25. The maximum Gasteiger partial charge on any atom is 0.351 e. The summed E-state index contributed by atoms with van der Waals surface area (Å²) in [4.78, 5) is 24.1. The molecule has 2 aromatic rings. The van der Waals surface area contributed by atoms with Gasteiger partial charge in [0.1, 0.15) is 6.61 Å². The second kappa shape index (κ2) is 8.10. The number of halogens is 1. The Kier molecular flexibility index (Phi) is 5.63. The van der Waals surface area contributed by atoms with Crippen LogP contribution in [-0.4, -0.2) is 31.2 Å². The maximum absolute atomic E-state index is 12.1. The summed E-state index contributed by atoms with van der Waals surface area (Å²) in [6, 6.07) is 13.9. The molecule has 1 aliphatic heterocycles. The number of esters is 1. The maximum atomic E-state index is 12.1. The van der Waals surface area contributed by atoms with Crippen molar-refractivity contribution in [1.29, 1.82) is 0 Å². The zero-order valence-corrected chi connectivity index (χ0v) is 14.9. The second-order valence-electron chi connectivity index (χ2n) is 5.78. The Morgan fingerprint density at radius 3 is 2.65 bits per heavy atom. The van der Waals surface area contributed by atoms with E-state index in [2.05, 4.69) is 5.32 Å². The number of benzene rings is 2. The van der Waals surface area contributed by atoms with Gasteiger partial charge in [0, 0.05) is 5.02 Å². The van der Waals surface area contributed by atoms with E-state index in [-0.39, 0.29) is 12.6 Å². The molecule has 0 unspecified atom stereocenters. The molecule has 0 saturated heterocycles. The van der Waals surface area contributed by atoms with Crippen LogP contribution in [0.2, 0.25) is 5.02 Å². The van der Waals surface area contributed by atoms with Crippen molar-refractivity contribution in [3.63, 3.8) is 0 Å². The minimum Gasteiger partial charge on any atom is -0.485 e. The summed E-state index contributed by atoms with van der Waals surface area (Å²) in [6.07, 6.45) is -0.904. The average molecular weight is 376 g/mol. The largest absolute Gasteiger partial charge is 0.485 e. The lowest BCUT2D eigenvalue weighted by atomic mass is 10.1. The van der Waals surface area contributed by atoms with Crippen LogP contribution in [0.5, 0.6) is 11.5 Å². The van der Waals surface area contributed by atoms with Crippen molar-refractivity contribution >= 4 is 23.5 Å². The molecule has 0 bridgehead atoms. The molecule has 7 heteroatoms. The van der Waals surface area contributed by atoms with E-state index in [0.717, 1.165) is 5.56 Å². The van der Waals surface area contributed by atoms with Gasteiger partial charge in [-0.15, -0.1) is 0 Å². The van der Waals surface area contributed by atoms with Gasteiger partial charge in [-0.05, 0) is 30.7 Å². The summed E-state index contributed by atoms with van der Waals surface area (Å²) in [6.45, 7) is 1.43. The molecule has 26 heavy (non-hydrogen) atoms. The van der Waals surface area contributed by atoms with Crippen molar-refractivity contribution in [2.24, 2.45) is 0 Å². The third kappa shape index (κ3) is 4.26. The molecule has 2 aromatic carbocycles. The minimum absolute atomic E-state index is 0.0352. The predicted octanol–water partition coefficient (Wildman–Crippen LogP) is 2.90. The molecule has 136 valence electrons. The fourth-order valence-electron chi connectivity index (χ4n) is 2.55. The van der Waals surface area contributed by atoms with E-state index in [1.165, 1.54) is 0 Å². The van der Waals surface area contributed by atoms with Gasteiger partial charge in [-0.3, -0.25) is 4.79 Å². The highest BCUT2D eigenvalue weighted by molar-refractivity contribution is 6.31. The SMILES string of the molecule is C[C@H](NC(=O)COC(=O)[C@H]1COc2ccccc2O1)c1ccccc1Cl. The number of amides is 1. The predicted molar refractivity (Wildman–Crippen MR) is 95.3 cm³/mol. The van der Waals surface area contributed by atoms with Crippen LogP contribution in [0.1, 0.15) is 18.5 Å². The number of carbonyl (C=O) groups excluding carboxylic acids is 2. The van der Waals surface area contributed by atoms with Gasteiger partial charge in [0.2, 0.25) is 6.10 Å². The van der Waals surface area contributed by atoms with Gasteiger partial charge >= 0.3 is 5.97 Å². The molecule has 3 rings (SSSR count). The van der Waals surface area contributed by atoms with Crippen LogP contribution in [0.25, 0.3) is 0 Å². The van der Waals surface area contributed by atoms with Crippen LogP contribution < -0.4 is 14.8 Å². The van der Waals surface area contributed by atoms with Gasteiger partial charge in [0.05, 0.1) is 6.04 Å². The number of ether oxygens (including phenoxy) is 3. The lowest BCUT2D eigenvalue weighted by Crippen LogP contribution is -2.40. The first-order valence-corrected chi connectivity index (χ1v) is 8.51. The van der Waals surface area contributed by atoms with E-state index in [0.29, 0.717) is 16.5 Å². The Bertz CT molecular complexity index is 810. The Hall–Kier alpha value is -2.73. The van der Waals surface area contributed by atoms with Crippen LogP contribution >= 0.6 is 11.6 Å². The molecule has 1 amide bonds. The molecule has 0 aromatic heterocycles. The number of fused-ring (bicyclic) bond motifs is 1. The summed E-state index contributed by atoms with van der Waals surface area (Å²) < 4.78 is 16.0. The molecular formula is C19H18ClNO5. The summed E-state index contributed by atoms with van der Waals surface area (Å²) in [5, 5.41) is 3.30. The highest BCUT2D eigenvalue weighted by Gasteiger charge is 2.29. The summed E-state index contributed by atoms with van der Waals surface area (Å²) in [5.74, 6) is -0.0386. The number of carbonyl (C=O) groups is 2. The average Bonchev–Trinajstić information content (AvgIpc) is 2.66. The van der Waals surface area contributed by atoms with E-state index >= 15 is 0 Å². The van der Waals surface area contributed by atoms with Gasteiger partial charge in [-0.25, -0.2) is 4.79 Å². The van der Waals surface area contributed by atoms with Crippen LogP contribution in [0.4, 0.5) is 0 Å². The molecule has 2 atom stereocenters. The molecule has 0 radical (unpaired) electrons. The Morgan fingerprint density at radius 1 is 1.19 bits per heavy atom. The van der Waals surface area contributed by atoms with Crippen molar-refractivity contribution in [1.82, 2.24) is 5.32 Å². The number of rotatable bonds is 5. The summed E-state index contributed by atoms with van der Waals surface area (Å²) in [7, 11) is 0. The van der Waals surface area contributed by atoms with Gasteiger partial charge < -0.3 is 19.5 Å². The Balaban J connectivity index is 1.49. The summed E-state index contributed by atoms with van der Waals surface area (Å²) >= 11 is 6.11. The van der Waals surface area contributed by atoms with Crippen molar-refractivity contribution in [2.45, 2.75) is 19.1 Å². The molecule has 6 nitrogen and oxygen atoms in total. The lowest BCUT2D eigenvalue weighted by molar-refractivity contribution is -0.157. The fourth-order valence-corrected chi connectivity index (χ4v) is 2.85. The van der Waals surface area contributed by atoms with Crippen LogP contribution in [0, 0.1) is 0 Å². The topological polar surface area (TPSA) is 73.9 Å². The van der Waals surface area contributed by atoms with E-state index in [1.54, 1.807) is 31.2 Å². The molecular weight excluding hydrogens is 358 g/mol. The number of hydrogen-bond acceptors (Lipinski definition) is 5. The normalized spacial score (nSPS) is 16.5. The molecule has 0 spiro atoms. The Morgan fingerprint density at radius 2 is 1.88 bits per heavy atom. The van der Waals surface area contributed by atoms with Gasteiger partial charge in [-0.1, -0.05) is 41.9 Å². The quantitative estimate of drug-likeness (QED) is 0.813. The van der Waals surface area contributed by atoms with E-state index in [4.69, 9.17) is 25.8 Å². The van der Waals surface area contributed by atoms with E-state index in [9.17, 15) is 9.59 Å². The van der Waals surface area contributed by atoms with Crippen LogP contribution in [-0.2, 0) is 14.3 Å². The smallest absolute Gasteiger partial charge is 0.351 e. The van der Waals surface area contributed by atoms with Crippen molar-refractivity contribution in [2.75, 3.05) is 13.2 Å². The molecule has 1 heterocycles. The molecule has 1 N–H and O–H groups in total. The minimum atomic E-state index is -0.904. The first-order valence-electron chi connectivity index (χ1n) is 8.13. The zero-order chi connectivity index (χ0) is 18.5. The van der Waals surface area contributed by atoms with Crippen LogP contribution in [0.15, 0.2) is 48.5 Å². The summed E-state index contributed by atoms with van der Waals surface area (Å²) in [5.41, 5.74) is 0.787. The van der Waals surface area contributed by atoms with Crippen molar-refractivity contribution < 1.29 is 23.8 Å². The van der Waals surface area contributed by atoms with E-state index in [1.807, 2.05) is 24.3 Å². The van der Waals surface area contributed by atoms with Gasteiger partial charge in [0.15, 0.2) is 18.1 Å². The monoisotopic (exact) mass is 375 g/mol. The number of hydrogen-bond donors (Lipinski definition) is 1. The third-order valence-electron chi connectivity index (χ3n) is 3.87.